The van der Waals surface area contributed by atoms with Gasteiger partial charge < -0.3 is 23.5 Å². The molecular weight excluding hydrogens is 1340 g/mol. The summed E-state index contributed by atoms with van der Waals surface area (Å²) in [4.78, 5) is 9.93. The Hall–Kier alpha value is -8.18. The zero-order chi connectivity index (χ0) is 67.1. The molecule has 0 atom stereocenters. The van der Waals surface area contributed by atoms with E-state index in [9.17, 15) is 0 Å². The van der Waals surface area contributed by atoms with Crippen LogP contribution in [0.25, 0.3) is 82.9 Å². The number of nitrogens with zero attached hydrogens (tertiary/aromatic N) is 4. The zero-order valence-electron chi connectivity index (χ0n) is 59.7. The van der Waals surface area contributed by atoms with Crippen molar-refractivity contribution in [2.24, 2.45) is 0 Å². The normalized spacial score (nSPS) is 13.6. The third kappa shape index (κ3) is 12.6. The summed E-state index contributed by atoms with van der Waals surface area (Å²) in [7, 11) is 0. The first-order chi connectivity index (χ1) is 44.0. The second kappa shape index (κ2) is 23.6. The van der Waals surface area contributed by atoms with Crippen LogP contribution in [-0.4, -0.2) is 9.55 Å². The van der Waals surface area contributed by atoms with E-state index >= 15 is 0 Å². The van der Waals surface area contributed by atoms with Crippen LogP contribution in [0, 0.1) is 18.8 Å². The predicted molar refractivity (Wildman–Crippen MR) is 399 cm³/mol. The van der Waals surface area contributed by atoms with E-state index in [1.54, 1.807) is 0 Å². The molecule has 0 saturated carbocycles. The van der Waals surface area contributed by atoms with E-state index in [0.29, 0.717) is 11.5 Å². The summed E-state index contributed by atoms with van der Waals surface area (Å²) >= 11 is 0. The van der Waals surface area contributed by atoms with E-state index in [1.165, 1.54) is 55.6 Å². The molecule has 0 unspecified atom stereocenters. The van der Waals surface area contributed by atoms with E-state index in [0.717, 1.165) is 89.0 Å². The van der Waals surface area contributed by atoms with Gasteiger partial charge >= 0.3 is 0 Å². The largest absolute Gasteiger partial charge is 0.509 e. The SMILES string of the molecule is CC(C)(C)c1cc(Oc2[c-]c3c(cc2)c2c4oc5ccccc5c4c(-c4ccccc4)cc2n3-c2cc(C(C)(C)C)ccn2)[c-]c(N2[CH-]N(c3c(-c4cc(C(C)(C)C)cc(C(C)(C)C)c4)cc(C(C)(C)C)cc3-c3cc(C(C)(C)C)cc(C(C)(C)C)c3)c3ccccc32)c1.[Pt]. The van der Waals surface area contributed by atoms with Crippen molar-refractivity contribution in [2.75, 3.05) is 9.80 Å². The Morgan fingerprint density at radius 2 is 0.895 bits per heavy atom. The molecule has 0 radical (unpaired) electrons. The summed E-state index contributed by atoms with van der Waals surface area (Å²) in [6.07, 6.45) is 1.93. The van der Waals surface area contributed by atoms with Gasteiger partial charge in [-0.1, -0.05) is 253 Å². The van der Waals surface area contributed by atoms with E-state index in [-0.39, 0.29) is 59.0 Å². The number of hydrogen-bond acceptors (Lipinski definition) is 5. The summed E-state index contributed by atoms with van der Waals surface area (Å²) in [6, 6.07) is 70.7. The summed E-state index contributed by atoms with van der Waals surface area (Å²) in [5, 5.41) is 4.13. The fourth-order valence-corrected chi connectivity index (χ4v) is 13.2. The van der Waals surface area contributed by atoms with Gasteiger partial charge in [0.1, 0.15) is 17.0 Å². The van der Waals surface area contributed by atoms with Crippen LogP contribution in [0.3, 0.4) is 0 Å². The number of pyridine rings is 1. The second-order valence-corrected chi connectivity index (χ2v) is 33.6. The van der Waals surface area contributed by atoms with Crippen LogP contribution in [0.4, 0.5) is 22.7 Å². The van der Waals surface area contributed by atoms with Gasteiger partial charge in [-0.05, 0) is 147 Å². The van der Waals surface area contributed by atoms with Crippen molar-refractivity contribution < 1.29 is 30.2 Å². The van der Waals surface area contributed by atoms with Gasteiger partial charge in [0, 0.05) is 83.2 Å². The second-order valence-electron chi connectivity index (χ2n) is 33.6. The topological polar surface area (TPSA) is 46.7 Å². The molecule has 1 aliphatic rings. The van der Waals surface area contributed by atoms with E-state index in [2.05, 4.69) is 336 Å². The Morgan fingerprint density at radius 3 is 1.44 bits per heavy atom. The average Bonchev–Trinajstić information content (AvgIpc) is 1.62. The molecule has 0 saturated heterocycles. The summed E-state index contributed by atoms with van der Waals surface area (Å²) in [5.74, 6) is 1.93. The van der Waals surface area contributed by atoms with Gasteiger partial charge in [0.2, 0.25) is 0 Å². The van der Waals surface area contributed by atoms with Crippen molar-refractivity contribution in [1.29, 1.82) is 0 Å². The van der Waals surface area contributed by atoms with Crippen LogP contribution in [0.5, 0.6) is 11.5 Å². The van der Waals surface area contributed by atoms with E-state index in [1.807, 2.05) is 18.3 Å². The molecule has 4 heterocycles. The molecule has 0 N–H and O–H groups in total. The number of benzene rings is 9. The molecular formula is C88H93N4O2Pt-3. The molecule has 0 bridgehead atoms. The first-order valence-corrected chi connectivity index (χ1v) is 33.7. The minimum Gasteiger partial charge on any atom is -0.509 e. The standard InChI is InChI=1S/C88H93N4O2.Pt/c1-82(2,3)57-37-38-89-77(49-57)92-74-51-65(35-36-67(74)79-75(92)52-69(54-29-23-22-24-30-54)78-68-31-25-28-34-76(68)94-81(78)79)93-66-46-62(87(16,17)18)45-64(50-66)90-53-91(73-33-27-26-32-72(73)90)80-70(55-39-58(83(4,5)6)43-59(40-55)84(7,8)9)47-63(88(19,20)21)48-71(80)56-41-60(85(10,11)12)44-61(42-56)86(13,14)15;/h22-49,52-53H,1-21H3;/q-3;. The molecule has 0 amide bonds. The number of fused-ring (bicyclic) bond motifs is 8. The van der Waals surface area contributed by atoms with Crippen molar-refractivity contribution in [3.63, 3.8) is 0 Å². The van der Waals surface area contributed by atoms with Crippen molar-refractivity contribution in [3.05, 3.63) is 234 Å². The summed E-state index contributed by atoms with van der Waals surface area (Å²) in [6.45, 7) is 51.0. The summed E-state index contributed by atoms with van der Waals surface area (Å²) < 4.78 is 16.5. The fourth-order valence-electron chi connectivity index (χ4n) is 13.2. The Balaban J connectivity index is 0.00000864. The van der Waals surface area contributed by atoms with Crippen molar-refractivity contribution in [1.82, 2.24) is 9.55 Å². The Morgan fingerprint density at radius 1 is 0.400 bits per heavy atom. The Labute approximate surface area is 580 Å². The molecule has 490 valence electrons. The maximum atomic E-state index is 7.25. The predicted octanol–water partition coefficient (Wildman–Crippen LogP) is 25.0. The molecule has 13 rings (SSSR count). The van der Waals surface area contributed by atoms with Crippen molar-refractivity contribution >= 4 is 66.5 Å². The average molecular weight is 1430 g/mol. The first kappa shape index (κ1) is 66.8. The van der Waals surface area contributed by atoms with Gasteiger partial charge in [0.25, 0.3) is 0 Å². The molecule has 0 aliphatic carbocycles. The van der Waals surface area contributed by atoms with Gasteiger partial charge in [0.15, 0.2) is 0 Å². The third-order valence-electron chi connectivity index (χ3n) is 19.2. The number of anilines is 4. The minimum atomic E-state index is -0.270. The number of para-hydroxylation sites is 3. The van der Waals surface area contributed by atoms with Crippen molar-refractivity contribution in [2.45, 2.75) is 183 Å². The van der Waals surface area contributed by atoms with Crippen LogP contribution >= 0.6 is 0 Å². The first-order valence-electron chi connectivity index (χ1n) is 33.7. The van der Waals surface area contributed by atoms with Crippen LogP contribution in [0.15, 0.2) is 180 Å². The van der Waals surface area contributed by atoms with Gasteiger partial charge in [-0.25, -0.2) is 4.98 Å². The van der Waals surface area contributed by atoms with Crippen molar-refractivity contribution in [3.8, 4) is 50.7 Å². The van der Waals surface area contributed by atoms with Crippen LogP contribution in [0.1, 0.15) is 184 Å². The van der Waals surface area contributed by atoms with Crippen LogP contribution in [-0.2, 0) is 59.0 Å². The van der Waals surface area contributed by atoms with Gasteiger partial charge in [-0.3, -0.25) is 0 Å². The molecule has 12 aromatic rings. The monoisotopic (exact) mass is 1430 g/mol. The molecule has 6 nitrogen and oxygen atoms in total. The maximum absolute atomic E-state index is 7.25. The summed E-state index contributed by atoms with van der Waals surface area (Å²) in [5.41, 5.74) is 22.3. The zero-order valence-corrected chi connectivity index (χ0v) is 62.0. The Bertz CT molecular complexity index is 4790. The van der Waals surface area contributed by atoms with E-state index < -0.39 is 0 Å². The molecule has 0 fully saturated rings. The van der Waals surface area contributed by atoms with Gasteiger partial charge in [0.05, 0.1) is 0 Å². The fraction of sp³-hybridized carbons (Fsp3) is 0.318. The maximum Gasteiger partial charge on any atom is 0.135 e. The minimum absolute atomic E-state index is 0. The third-order valence-corrected chi connectivity index (χ3v) is 19.2. The molecule has 0 spiro atoms. The van der Waals surface area contributed by atoms with E-state index in [4.69, 9.17) is 14.1 Å². The number of hydrogen-bond donors (Lipinski definition) is 0. The number of aromatic nitrogens is 2. The molecule has 9 aromatic carbocycles. The van der Waals surface area contributed by atoms with Crippen LogP contribution < -0.4 is 14.5 Å². The quantitative estimate of drug-likeness (QED) is 0.142. The number of furan rings is 1. The Kier molecular flexibility index (Phi) is 16.6. The van der Waals surface area contributed by atoms with Gasteiger partial charge in [-0.15, -0.1) is 48.3 Å². The number of rotatable bonds is 8. The number of ether oxygens (including phenoxy) is 1. The smallest absolute Gasteiger partial charge is 0.135 e. The van der Waals surface area contributed by atoms with Crippen LogP contribution in [0.2, 0.25) is 0 Å². The molecule has 3 aromatic heterocycles. The molecule has 1 aliphatic heterocycles. The molecule has 7 heteroatoms. The molecule has 95 heavy (non-hydrogen) atoms. The van der Waals surface area contributed by atoms with Gasteiger partial charge in [-0.2, -0.15) is 6.07 Å².